The van der Waals surface area contributed by atoms with Crippen LogP contribution < -0.4 is 4.90 Å². The quantitative estimate of drug-likeness (QED) is 0.426. The first kappa shape index (κ1) is 24.5. The first-order valence-corrected chi connectivity index (χ1v) is 12.7. The molecule has 0 aliphatic carbocycles. The molecule has 1 heterocycles. The lowest BCUT2D eigenvalue weighted by Gasteiger charge is -2.35. The number of benzene rings is 3. The number of nitrogens with zero attached hydrogens (tertiary/aromatic N) is 2. The molecule has 0 radical (unpaired) electrons. The zero-order chi connectivity index (χ0) is 24.3. The smallest absolute Gasteiger partial charge is 0.340 e. The molecule has 1 aliphatic rings. The number of ether oxygens (including phenoxy) is 1. The number of para-hydroxylation sites is 1. The Hall–Kier alpha value is -2.65. The number of esters is 1. The fraction of sp³-hybridized carbons (Fsp3) is 0.208. The molecule has 10 heteroatoms. The van der Waals surface area contributed by atoms with E-state index in [4.69, 9.17) is 27.9 Å². The van der Waals surface area contributed by atoms with Gasteiger partial charge in [-0.25, -0.2) is 17.6 Å². The molecular weight excluding hydrogens is 502 g/mol. The highest BCUT2D eigenvalue weighted by molar-refractivity contribution is 7.89. The van der Waals surface area contributed by atoms with E-state index >= 15 is 0 Å². The van der Waals surface area contributed by atoms with Gasteiger partial charge in [0.25, 0.3) is 0 Å². The van der Waals surface area contributed by atoms with Crippen LogP contribution >= 0.6 is 23.2 Å². The summed E-state index contributed by atoms with van der Waals surface area (Å²) in [4.78, 5) is 14.7. The maximum absolute atomic E-state index is 14.0. The van der Waals surface area contributed by atoms with Crippen LogP contribution in [0.25, 0.3) is 0 Å². The van der Waals surface area contributed by atoms with Crippen LogP contribution in [0.3, 0.4) is 0 Å². The van der Waals surface area contributed by atoms with Gasteiger partial charge in [-0.15, -0.1) is 0 Å². The Morgan fingerprint density at radius 3 is 2.29 bits per heavy atom. The van der Waals surface area contributed by atoms with Gasteiger partial charge >= 0.3 is 5.97 Å². The predicted molar refractivity (Wildman–Crippen MR) is 129 cm³/mol. The third-order valence-electron chi connectivity index (χ3n) is 5.56. The molecule has 1 fully saturated rings. The van der Waals surface area contributed by atoms with Gasteiger partial charge in [0.2, 0.25) is 10.0 Å². The van der Waals surface area contributed by atoms with E-state index in [9.17, 15) is 17.6 Å². The van der Waals surface area contributed by atoms with Crippen LogP contribution in [0.15, 0.2) is 71.6 Å². The van der Waals surface area contributed by atoms with Gasteiger partial charge in [-0.3, -0.25) is 0 Å². The fourth-order valence-corrected chi connectivity index (χ4v) is 5.54. The maximum Gasteiger partial charge on any atom is 0.340 e. The highest BCUT2D eigenvalue weighted by Crippen LogP contribution is 2.26. The molecule has 3 aromatic carbocycles. The van der Waals surface area contributed by atoms with Crippen molar-refractivity contribution in [2.75, 3.05) is 31.1 Å². The van der Waals surface area contributed by atoms with Crippen LogP contribution in [0.1, 0.15) is 15.9 Å². The minimum atomic E-state index is -3.86. The predicted octanol–water partition coefficient (Wildman–Crippen LogP) is 5.00. The number of sulfonamides is 1. The summed E-state index contributed by atoms with van der Waals surface area (Å²) in [5.74, 6) is -1.49. The fourth-order valence-electron chi connectivity index (χ4n) is 3.68. The second-order valence-corrected chi connectivity index (χ2v) is 10.4. The van der Waals surface area contributed by atoms with E-state index in [0.29, 0.717) is 26.2 Å². The minimum absolute atomic E-state index is 0.0219. The number of halogens is 3. The topological polar surface area (TPSA) is 66.9 Å². The van der Waals surface area contributed by atoms with Crippen LogP contribution in [0.5, 0.6) is 0 Å². The minimum Gasteiger partial charge on any atom is -0.457 e. The van der Waals surface area contributed by atoms with Crippen molar-refractivity contribution in [1.82, 2.24) is 4.31 Å². The van der Waals surface area contributed by atoms with Crippen LogP contribution in [0.4, 0.5) is 10.1 Å². The molecule has 0 amide bonds. The summed E-state index contributed by atoms with van der Waals surface area (Å²) >= 11 is 12.1. The summed E-state index contributed by atoms with van der Waals surface area (Å²) in [5.41, 5.74) is 0.929. The van der Waals surface area contributed by atoms with Crippen LogP contribution in [0.2, 0.25) is 10.0 Å². The molecule has 1 saturated heterocycles. The van der Waals surface area contributed by atoms with Gasteiger partial charge in [-0.05, 0) is 42.5 Å². The van der Waals surface area contributed by atoms with Crippen molar-refractivity contribution in [2.45, 2.75) is 11.5 Å². The van der Waals surface area contributed by atoms with E-state index in [1.807, 2.05) is 30.3 Å². The maximum atomic E-state index is 14.0. The number of carbonyl (C=O) groups excluding carboxylic acids is 1. The third kappa shape index (κ3) is 5.20. The SMILES string of the molecule is O=C(OCc1c(F)cccc1Cl)c1cc(S(=O)(=O)N2CCN(c3ccccc3)CC2)ccc1Cl. The van der Waals surface area contributed by atoms with Crippen molar-refractivity contribution in [3.05, 3.63) is 93.7 Å². The van der Waals surface area contributed by atoms with E-state index < -0.39 is 28.4 Å². The van der Waals surface area contributed by atoms with E-state index in [-0.39, 0.29) is 26.1 Å². The number of carbonyl (C=O) groups is 1. The molecule has 4 rings (SSSR count). The lowest BCUT2D eigenvalue weighted by atomic mass is 10.2. The lowest BCUT2D eigenvalue weighted by molar-refractivity contribution is 0.0469. The van der Waals surface area contributed by atoms with Crippen molar-refractivity contribution in [3.8, 4) is 0 Å². The molecule has 3 aromatic rings. The van der Waals surface area contributed by atoms with Gasteiger partial charge in [0.15, 0.2) is 0 Å². The number of rotatable bonds is 6. The van der Waals surface area contributed by atoms with Gasteiger partial charge in [0.1, 0.15) is 12.4 Å². The lowest BCUT2D eigenvalue weighted by Crippen LogP contribution is -2.48. The molecule has 1 aliphatic heterocycles. The van der Waals surface area contributed by atoms with Gasteiger partial charge in [-0.1, -0.05) is 47.5 Å². The number of hydrogen-bond donors (Lipinski definition) is 0. The summed E-state index contributed by atoms with van der Waals surface area (Å²) in [6, 6.07) is 17.8. The molecule has 0 atom stereocenters. The normalized spacial score (nSPS) is 14.7. The average Bonchev–Trinajstić information content (AvgIpc) is 2.84. The molecule has 0 saturated carbocycles. The second-order valence-electron chi connectivity index (χ2n) is 7.64. The van der Waals surface area contributed by atoms with Crippen molar-refractivity contribution in [1.29, 1.82) is 0 Å². The van der Waals surface area contributed by atoms with Crippen LogP contribution in [-0.4, -0.2) is 44.9 Å². The summed E-state index contributed by atoms with van der Waals surface area (Å²) < 4.78 is 47.0. The van der Waals surface area contributed by atoms with Gasteiger partial charge in [0, 0.05) is 37.4 Å². The standard InChI is InChI=1S/C24H21Cl2FN2O4S/c25-21-7-4-8-23(27)20(21)16-33-24(30)19-15-18(9-10-22(19)26)34(31,32)29-13-11-28(12-14-29)17-5-2-1-3-6-17/h1-10,15H,11-14,16H2. The van der Waals surface area contributed by atoms with Gasteiger partial charge < -0.3 is 9.64 Å². The Kier molecular flexibility index (Phi) is 7.42. The van der Waals surface area contributed by atoms with Gasteiger partial charge in [0.05, 0.1) is 20.5 Å². The van der Waals surface area contributed by atoms with E-state index in [1.54, 1.807) is 0 Å². The highest BCUT2D eigenvalue weighted by Gasteiger charge is 2.30. The molecule has 6 nitrogen and oxygen atoms in total. The van der Waals surface area contributed by atoms with Crippen molar-refractivity contribution in [2.24, 2.45) is 0 Å². The second kappa shape index (κ2) is 10.3. The number of piperazine rings is 1. The summed E-state index contributed by atoms with van der Waals surface area (Å²) in [7, 11) is -3.86. The Bertz CT molecular complexity index is 1280. The Balaban J connectivity index is 1.48. The molecule has 0 bridgehead atoms. The van der Waals surface area contributed by atoms with Crippen molar-refractivity contribution < 1.29 is 22.3 Å². The molecule has 0 N–H and O–H groups in total. The van der Waals surface area contributed by atoms with Crippen LogP contribution in [0, 0.1) is 5.82 Å². The molecular formula is C24H21Cl2FN2O4S. The van der Waals surface area contributed by atoms with Crippen LogP contribution in [-0.2, 0) is 21.4 Å². The first-order valence-electron chi connectivity index (χ1n) is 10.5. The molecule has 0 unspecified atom stereocenters. The van der Waals surface area contributed by atoms with Crippen molar-refractivity contribution in [3.63, 3.8) is 0 Å². The molecule has 34 heavy (non-hydrogen) atoms. The van der Waals surface area contributed by atoms with E-state index in [2.05, 4.69) is 4.90 Å². The Labute approximate surface area is 207 Å². The zero-order valence-corrected chi connectivity index (χ0v) is 20.3. The number of anilines is 1. The average molecular weight is 523 g/mol. The van der Waals surface area contributed by atoms with Crippen molar-refractivity contribution >= 4 is 44.9 Å². The van der Waals surface area contributed by atoms with E-state index in [0.717, 1.165) is 5.69 Å². The van der Waals surface area contributed by atoms with E-state index in [1.165, 1.54) is 40.7 Å². The number of hydrogen-bond acceptors (Lipinski definition) is 5. The summed E-state index contributed by atoms with van der Waals surface area (Å²) in [6.07, 6.45) is 0. The largest absolute Gasteiger partial charge is 0.457 e. The Morgan fingerprint density at radius 2 is 1.62 bits per heavy atom. The summed E-state index contributed by atoms with van der Waals surface area (Å²) in [6.45, 7) is 1.25. The summed E-state index contributed by atoms with van der Waals surface area (Å²) in [5, 5.41) is 0.141. The molecule has 0 aromatic heterocycles. The highest BCUT2D eigenvalue weighted by atomic mass is 35.5. The monoisotopic (exact) mass is 522 g/mol. The zero-order valence-electron chi connectivity index (χ0n) is 18.0. The third-order valence-corrected chi connectivity index (χ3v) is 8.14. The Morgan fingerprint density at radius 1 is 0.912 bits per heavy atom. The van der Waals surface area contributed by atoms with Gasteiger partial charge in [-0.2, -0.15) is 4.31 Å². The molecule has 0 spiro atoms. The first-order chi connectivity index (χ1) is 16.3. The molecule has 178 valence electrons.